The van der Waals surface area contributed by atoms with Crippen LogP contribution >= 0.6 is 0 Å². The lowest BCUT2D eigenvalue weighted by Crippen LogP contribution is -2.45. The van der Waals surface area contributed by atoms with Crippen LogP contribution in [0.25, 0.3) is 0 Å². The summed E-state index contributed by atoms with van der Waals surface area (Å²) in [6.45, 7) is 7.16. The quantitative estimate of drug-likeness (QED) is 0.790. The number of nitrogens with zero attached hydrogens (tertiary/aromatic N) is 3. The van der Waals surface area contributed by atoms with Crippen LogP contribution in [0.2, 0.25) is 0 Å². The number of hydrogen-bond acceptors (Lipinski definition) is 5. The summed E-state index contributed by atoms with van der Waals surface area (Å²) in [5, 5.41) is 10.5. The Morgan fingerprint density at radius 1 is 1.55 bits per heavy atom. The number of rotatable bonds is 6. The van der Waals surface area contributed by atoms with Crippen molar-refractivity contribution in [1.29, 1.82) is 0 Å². The minimum atomic E-state index is -0.654. The maximum atomic E-state index is 10.5. The number of methoxy groups -OCH3 is 1. The van der Waals surface area contributed by atoms with Crippen molar-refractivity contribution < 1.29 is 9.84 Å². The molecular formula is C15H21N3O2. The summed E-state index contributed by atoms with van der Waals surface area (Å²) in [5.41, 5.74) is 1.23. The van der Waals surface area contributed by atoms with Crippen LogP contribution in [0.4, 0.5) is 0 Å². The normalized spacial score (nSPS) is 22.4. The molecule has 0 aliphatic carbocycles. The molecule has 0 unspecified atom stereocenters. The van der Waals surface area contributed by atoms with Crippen molar-refractivity contribution in [2.45, 2.75) is 31.7 Å². The molecule has 5 nitrogen and oxygen atoms in total. The van der Waals surface area contributed by atoms with Crippen molar-refractivity contribution in [2.75, 3.05) is 13.7 Å². The maximum Gasteiger partial charge on any atom is 0.142 e. The van der Waals surface area contributed by atoms with Crippen LogP contribution < -0.4 is 0 Å². The van der Waals surface area contributed by atoms with E-state index < -0.39 is 6.10 Å². The van der Waals surface area contributed by atoms with Crippen LogP contribution in [-0.2, 0) is 11.3 Å². The molecule has 0 aromatic carbocycles. The van der Waals surface area contributed by atoms with E-state index in [0.29, 0.717) is 6.54 Å². The van der Waals surface area contributed by atoms with Gasteiger partial charge >= 0.3 is 0 Å². The lowest BCUT2D eigenvalue weighted by atomic mass is 10.0. The summed E-state index contributed by atoms with van der Waals surface area (Å²) in [4.78, 5) is 10.6. The van der Waals surface area contributed by atoms with Crippen LogP contribution in [0, 0.1) is 0 Å². The van der Waals surface area contributed by atoms with Gasteiger partial charge in [-0.1, -0.05) is 17.7 Å². The molecule has 2 rings (SSSR count). The van der Waals surface area contributed by atoms with E-state index in [2.05, 4.69) is 34.4 Å². The fourth-order valence-electron chi connectivity index (χ4n) is 2.51. The molecule has 1 aromatic heterocycles. The molecule has 0 amide bonds. The van der Waals surface area contributed by atoms with Gasteiger partial charge in [0.25, 0.3) is 0 Å². The smallest absolute Gasteiger partial charge is 0.142 e. The van der Waals surface area contributed by atoms with Crippen molar-refractivity contribution in [3.05, 3.63) is 48.6 Å². The van der Waals surface area contributed by atoms with E-state index in [1.54, 1.807) is 31.6 Å². The molecule has 0 bridgehead atoms. The van der Waals surface area contributed by atoms with E-state index in [-0.39, 0.29) is 12.1 Å². The minimum absolute atomic E-state index is 0.109. The zero-order valence-electron chi connectivity index (χ0n) is 11.9. The highest BCUT2D eigenvalue weighted by atomic mass is 16.5. The monoisotopic (exact) mass is 275 g/mol. The lowest BCUT2D eigenvalue weighted by Gasteiger charge is -2.30. The zero-order chi connectivity index (χ0) is 14.5. The lowest BCUT2D eigenvalue weighted by molar-refractivity contribution is -0.0195. The standard InChI is InChI=1S/C15H21N3O2/c1-4-13(20-3)15(19)12-8-11(2)9-18(12)10-14-16-6-5-7-17-14/h4-8,12-13,15,19H,1,9-10H2,2-3H3/t12-,13+,15+/m1/s1. The Bertz CT molecular complexity index is 475. The van der Waals surface area contributed by atoms with Gasteiger partial charge in [0.05, 0.1) is 12.6 Å². The van der Waals surface area contributed by atoms with Gasteiger partial charge in [-0.25, -0.2) is 9.97 Å². The molecule has 3 atom stereocenters. The fourth-order valence-corrected chi connectivity index (χ4v) is 2.51. The summed E-state index contributed by atoms with van der Waals surface area (Å²) in [5.74, 6) is 0.750. The highest BCUT2D eigenvalue weighted by molar-refractivity contribution is 5.18. The van der Waals surface area contributed by atoms with E-state index in [1.165, 1.54) is 5.57 Å². The summed E-state index contributed by atoms with van der Waals surface area (Å²) < 4.78 is 5.25. The Kier molecular flexibility index (Phi) is 5.00. The topological polar surface area (TPSA) is 58.5 Å². The molecular weight excluding hydrogens is 254 g/mol. The Hall–Kier alpha value is -1.56. The molecule has 20 heavy (non-hydrogen) atoms. The van der Waals surface area contributed by atoms with Crippen LogP contribution in [0.5, 0.6) is 0 Å². The third-order valence-corrected chi connectivity index (χ3v) is 3.48. The van der Waals surface area contributed by atoms with Crippen LogP contribution in [0.1, 0.15) is 12.7 Å². The first-order valence-corrected chi connectivity index (χ1v) is 6.66. The first kappa shape index (κ1) is 14.8. The largest absolute Gasteiger partial charge is 0.388 e. The number of aliphatic hydroxyl groups excluding tert-OH is 1. The van der Waals surface area contributed by atoms with Gasteiger partial charge in [0.15, 0.2) is 0 Å². The summed E-state index contributed by atoms with van der Waals surface area (Å²) in [6, 6.07) is 1.68. The van der Waals surface area contributed by atoms with E-state index in [0.717, 1.165) is 12.4 Å². The molecule has 0 spiro atoms. The Morgan fingerprint density at radius 3 is 2.85 bits per heavy atom. The molecule has 1 aromatic rings. The number of hydrogen-bond donors (Lipinski definition) is 1. The Morgan fingerprint density at radius 2 is 2.25 bits per heavy atom. The fraction of sp³-hybridized carbons (Fsp3) is 0.467. The first-order chi connectivity index (χ1) is 9.65. The average Bonchev–Trinajstić information content (AvgIpc) is 2.82. The molecule has 0 saturated heterocycles. The summed E-state index contributed by atoms with van der Waals surface area (Å²) in [6.07, 6.45) is 6.12. The van der Waals surface area contributed by atoms with Crippen LogP contribution in [0.15, 0.2) is 42.8 Å². The van der Waals surface area contributed by atoms with Crippen LogP contribution in [-0.4, -0.2) is 51.9 Å². The number of ether oxygens (including phenoxy) is 1. The van der Waals surface area contributed by atoms with Gasteiger partial charge in [-0.3, -0.25) is 4.90 Å². The van der Waals surface area contributed by atoms with E-state index in [4.69, 9.17) is 4.74 Å². The molecule has 0 radical (unpaired) electrons. The third-order valence-electron chi connectivity index (χ3n) is 3.48. The molecule has 2 heterocycles. The van der Waals surface area contributed by atoms with Gasteiger partial charge in [0, 0.05) is 26.0 Å². The zero-order valence-corrected chi connectivity index (χ0v) is 11.9. The molecule has 108 valence electrons. The van der Waals surface area contributed by atoms with Crippen molar-refractivity contribution in [3.63, 3.8) is 0 Å². The highest BCUT2D eigenvalue weighted by Crippen LogP contribution is 2.23. The Labute approximate surface area is 119 Å². The minimum Gasteiger partial charge on any atom is -0.388 e. The van der Waals surface area contributed by atoms with Crippen molar-refractivity contribution >= 4 is 0 Å². The predicted octanol–water partition coefficient (Wildman–Crippen LogP) is 1.17. The number of aromatic nitrogens is 2. The molecule has 1 N–H and O–H groups in total. The van der Waals surface area contributed by atoms with Gasteiger partial charge in [-0.15, -0.1) is 6.58 Å². The van der Waals surface area contributed by atoms with Crippen molar-refractivity contribution in [2.24, 2.45) is 0 Å². The van der Waals surface area contributed by atoms with Crippen molar-refractivity contribution in [1.82, 2.24) is 14.9 Å². The summed E-state index contributed by atoms with van der Waals surface area (Å²) >= 11 is 0. The second-order valence-electron chi connectivity index (χ2n) is 5.00. The molecule has 1 aliphatic heterocycles. The van der Waals surface area contributed by atoms with Gasteiger partial charge < -0.3 is 9.84 Å². The van der Waals surface area contributed by atoms with E-state index >= 15 is 0 Å². The second-order valence-corrected chi connectivity index (χ2v) is 5.00. The van der Waals surface area contributed by atoms with Gasteiger partial charge in [-0.2, -0.15) is 0 Å². The molecule has 5 heteroatoms. The average molecular weight is 275 g/mol. The number of aliphatic hydroxyl groups is 1. The Balaban J connectivity index is 2.11. The van der Waals surface area contributed by atoms with Crippen LogP contribution in [0.3, 0.4) is 0 Å². The predicted molar refractivity (Wildman–Crippen MR) is 77.0 cm³/mol. The molecule has 0 fully saturated rings. The second kappa shape index (κ2) is 6.74. The van der Waals surface area contributed by atoms with E-state index in [1.807, 2.05) is 0 Å². The maximum absolute atomic E-state index is 10.5. The van der Waals surface area contributed by atoms with E-state index in [9.17, 15) is 5.11 Å². The highest BCUT2D eigenvalue weighted by Gasteiger charge is 2.33. The SMILES string of the molecule is C=C[C@H](OC)[C@@H](O)[C@H]1C=C(C)CN1Cc1ncccn1. The molecule has 1 aliphatic rings. The van der Waals surface area contributed by atoms with Gasteiger partial charge in [-0.05, 0) is 13.0 Å². The third kappa shape index (κ3) is 3.30. The van der Waals surface area contributed by atoms with Gasteiger partial charge in [0.1, 0.15) is 18.0 Å². The summed E-state index contributed by atoms with van der Waals surface area (Å²) in [7, 11) is 1.58. The first-order valence-electron chi connectivity index (χ1n) is 6.66. The molecule has 0 saturated carbocycles. The van der Waals surface area contributed by atoms with Crippen molar-refractivity contribution in [3.8, 4) is 0 Å². The van der Waals surface area contributed by atoms with Gasteiger partial charge in [0.2, 0.25) is 0 Å².